The van der Waals surface area contributed by atoms with Gasteiger partial charge in [0.2, 0.25) is 10.0 Å². The summed E-state index contributed by atoms with van der Waals surface area (Å²) in [5, 5.41) is 7.21. The van der Waals surface area contributed by atoms with Gasteiger partial charge in [0, 0.05) is 12.1 Å². The van der Waals surface area contributed by atoms with Crippen LogP contribution in [0, 0.1) is 5.41 Å². The predicted octanol–water partition coefficient (Wildman–Crippen LogP) is 1.05. The minimum absolute atomic E-state index is 0.0760. The van der Waals surface area contributed by atoms with E-state index in [4.69, 9.17) is 11.1 Å². The van der Waals surface area contributed by atoms with Crippen molar-refractivity contribution in [1.29, 1.82) is 5.41 Å². The standard InChI is InChI=1S/C11H17N3O2S/c1-2-3-8-14-17(15,16)10-6-4-9(5-7-10)11(12)13/h4-7,14H,2-3,8H2,1H3,(H3,12,13). The van der Waals surface area contributed by atoms with Crippen molar-refractivity contribution in [2.24, 2.45) is 5.73 Å². The first kappa shape index (κ1) is 13.7. The lowest BCUT2D eigenvalue weighted by molar-refractivity contribution is 0.578. The van der Waals surface area contributed by atoms with Gasteiger partial charge in [-0.3, -0.25) is 5.41 Å². The molecular weight excluding hydrogens is 238 g/mol. The molecule has 1 aromatic rings. The molecule has 0 atom stereocenters. The van der Waals surface area contributed by atoms with Crippen LogP contribution in [0.2, 0.25) is 0 Å². The smallest absolute Gasteiger partial charge is 0.240 e. The van der Waals surface area contributed by atoms with Crippen LogP contribution in [0.4, 0.5) is 0 Å². The fraction of sp³-hybridized carbons (Fsp3) is 0.364. The molecule has 17 heavy (non-hydrogen) atoms. The highest BCUT2D eigenvalue weighted by Crippen LogP contribution is 2.10. The fourth-order valence-corrected chi connectivity index (χ4v) is 2.35. The SMILES string of the molecule is CCCCNS(=O)(=O)c1ccc(C(=N)N)cc1. The molecule has 1 rings (SSSR count). The molecule has 0 spiro atoms. The molecule has 0 aromatic heterocycles. The Hall–Kier alpha value is -1.40. The number of sulfonamides is 1. The van der Waals surface area contributed by atoms with Crippen LogP contribution >= 0.6 is 0 Å². The maximum absolute atomic E-state index is 11.8. The Morgan fingerprint density at radius 2 is 1.94 bits per heavy atom. The second kappa shape index (κ2) is 5.79. The number of rotatable bonds is 6. The van der Waals surface area contributed by atoms with Crippen molar-refractivity contribution in [1.82, 2.24) is 4.72 Å². The van der Waals surface area contributed by atoms with Gasteiger partial charge < -0.3 is 5.73 Å². The van der Waals surface area contributed by atoms with Crippen LogP contribution in [0.3, 0.4) is 0 Å². The van der Waals surface area contributed by atoms with Crippen LogP contribution in [-0.2, 0) is 10.0 Å². The Bertz CT molecular complexity index is 480. The average molecular weight is 255 g/mol. The van der Waals surface area contributed by atoms with Crippen LogP contribution < -0.4 is 10.5 Å². The maximum Gasteiger partial charge on any atom is 0.240 e. The van der Waals surface area contributed by atoms with Gasteiger partial charge >= 0.3 is 0 Å². The third kappa shape index (κ3) is 3.83. The van der Waals surface area contributed by atoms with E-state index in [9.17, 15) is 8.42 Å². The minimum Gasteiger partial charge on any atom is -0.384 e. The highest BCUT2D eigenvalue weighted by molar-refractivity contribution is 7.89. The first-order chi connectivity index (χ1) is 7.97. The van der Waals surface area contributed by atoms with Gasteiger partial charge in [-0.15, -0.1) is 0 Å². The lowest BCUT2D eigenvalue weighted by atomic mass is 10.2. The fourth-order valence-electron chi connectivity index (χ4n) is 1.28. The molecule has 0 bridgehead atoms. The van der Waals surface area contributed by atoms with Crippen LogP contribution in [0.15, 0.2) is 29.2 Å². The van der Waals surface area contributed by atoms with Gasteiger partial charge in [0.25, 0.3) is 0 Å². The third-order valence-electron chi connectivity index (χ3n) is 2.30. The number of nitrogens with one attached hydrogen (secondary N) is 2. The second-order valence-electron chi connectivity index (χ2n) is 3.69. The van der Waals surface area contributed by atoms with Crippen molar-refractivity contribution in [2.45, 2.75) is 24.7 Å². The number of hydrogen-bond acceptors (Lipinski definition) is 3. The zero-order valence-corrected chi connectivity index (χ0v) is 10.5. The van der Waals surface area contributed by atoms with Crippen molar-refractivity contribution >= 4 is 15.9 Å². The number of amidine groups is 1. The molecule has 0 fully saturated rings. The largest absolute Gasteiger partial charge is 0.384 e. The highest BCUT2D eigenvalue weighted by atomic mass is 32.2. The molecule has 0 amide bonds. The molecule has 4 N–H and O–H groups in total. The second-order valence-corrected chi connectivity index (χ2v) is 5.46. The third-order valence-corrected chi connectivity index (χ3v) is 3.77. The molecule has 0 aliphatic heterocycles. The van der Waals surface area contributed by atoms with Crippen molar-refractivity contribution in [3.8, 4) is 0 Å². The Morgan fingerprint density at radius 1 is 1.35 bits per heavy atom. The molecule has 0 heterocycles. The van der Waals surface area contributed by atoms with E-state index >= 15 is 0 Å². The molecule has 1 aromatic carbocycles. The number of benzene rings is 1. The Labute approximate surface area is 102 Å². The molecule has 0 saturated carbocycles. The Kier molecular flexibility index (Phi) is 4.65. The van der Waals surface area contributed by atoms with Gasteiger partial charge in [-0.05, 0) is 30.7 Å². The van der Waals surface area contributed by atoms with Crippen molar-refractivity contribution in [3.05, 3.63) is 29.8 Å². The van der Waals surface area contributed by atoms with E-state index in [0.717, 1.165) is 12.8 Å². The number of nitrogens with two attached hydrogens (primary N) is 1. The van der Waals surface area contributed by atoms with Crippen molar-refractivity contribution in [2.75, 3.05) is 6.54 Å². The van der Waals surface area contributed by atoms with Crippen molar-refractivity contribution in [3.63, 3.8) is 0 Å². The lowest BCUT2D eigenvalue weighted by Gasteiger charge is -2.06. The first-order valence-corrected chi connectivity index (χ1v) is 6.90. The quantitative estimate of drug-likeness (QED) is 0.402. The Morgan fingerprint density at radius 3 is 2.41 bits per heavy atom. The summed E-state index contributed by atoms with van der Waals surface area (Å²) in [6, 6.07) is 5.95. The summed E-state index contributed by atoms with van der Waals surface area (Å²) in [5.74, 6) is -0.0760. The van der Waals surface area contributed by atoms with E-state index in [2.05, 4.69) is 4.72 Å². The van der Waals surface area contributed by atoms with Gasteiger partial charge in [0.15, 0.2) is 0 Å². The van der Waals surface area contributed by atoms with Gasteiger partial charge in [-0.25, -0.2) is 13.1 Å². The summed E-state index contributed by atoms with van der Waals surface area (Å²) in [5.41, 5.74) is 5.80. The molecule has 0 aliphatic rings. The van der Waals surface area contributed by atoms with Gasteiger partial charge in [-0.2, -0.15) is 0 Å². The summed E-state index contributed by atoms with van der Waals surface area (Å²) in [6.45, 7) is 2.43. The zero-order chi connectivity index (χ0) is 12.9. The normalized spacial score (nSPS) is 11.4. The van der Waals surface area contributed by atoms with Gasteiger partial charge in [0.05, 0.1) is 4.90 Å². The molecule has 0 unspecified atom stereocenters. The summed E-state index contributed by atoms with van der Waals surface area (Å²) >= 11 is 0. The molecule has 0 aliphatic carbocycles. The number of hydrogen-bond donors (Lipinski definition) is 3. The predicted molar refractivity (Wildman–Crippen MR) is 67.6 cm³/mol. The Balaban J connectivity index is 2.81. The summed E-state index contributed by atoms with van der Waals surface area (Å²) in [6.07, 6.45) is 1.75. The molecule has 0 saturated heterocycles. The van der Waals surface area contributed by atoms with Crippen LogP contribution in [0.25, 0.3) is 0 Å². The van der Waals surface area contributed by atoms with E-state index in [-0.39, 0.29) is 10.7 Å². The van der Waals surface area contributed by atoms with Gasteiger partial charge in [0.1, 0.15) is 5.84 Å². The molecule has 5 nitrogen and oxygen atoms in total. The summed E-state index contributed by atoms with van der Waals surface area (Å²) < 4.78 is 26.1. The van der Waals surface area contributed by atoms with Gasteiger partial charge in [-0.1, -0.05) is 13.3 Å². The molecule has 6 heteroatoms. The van der Waals surface area contributed by atoms with Crippen molar-refractivity contribution < 1.29 is 8.42 Å². The van der Waals surface area contributed by atoms with Crippen LogP contribution in [0.1, 0.15) is 25.3 Å². The zero-order valence-electron chi connectivity index (χ0n) is 9.73. The maximum atomic E-state index is 11.8. The number of unbranched alkanes of at least 4 members (excludes halogenated alkanes) is 1. The monoisotopic (exact) mass is 255 g/mol. The number of nitrogen functional groups attached to an aromatic ring is 1. The highest BCUT2D eigenvalue weighted by Gasteiger charge is 2.12. The van der Waals surface area contributed by atoms with E-state index in [1.165, 1.54) is 24.3 Å². The van der Waals surface area contributed by atoms with Crippen LogP contribution in [-0.4, -0.2) is 20.8 Å². The lowest BCUT2D eigenvalue weighted by Crippen LogP contribution is -2.24. The van der Waals surface area contributed by atoms with E-state index < -0.39 is 10.0 Å². The average Bonchev–Trinajstić information content (AvgIpc) is 2.29. The summed E-state index contributed by atoms with van der Waals surface area (Å²) in [4.78, 5) is 0.193. The first-order valence-electron chi connectivity index (χ1n) is 5.41. The minimum atomic E-state index is -3.44. The van der Waals surface area contributed by atoms with E-state index in [1.54, 1.807) is 0 Å². The molecule has 0 radical (unpaired) electrons. The van der Waals surface area contributed by atoms with E-state index in [0.29, 0.717) is 12.1 Å². The topological polar surface area (TPSA) is 96.0 Å². The van der Waals surface area contributed by atoms with Crippen LogP contribution in [0.5, 0.6) is 0 Å². The molecule has 94 valence electrons. The van der Waals surface area contributed by atoms with E-state index in [1.807, 2.05) is 6.92 Å². The summed E-state index contributed by atoms with van der Waals surface area (Å²) in [7, 11) is -3.44. The molecular formula is C11H17N3O2S.